The maximum atomic E-state index is 12.2. The Balaban J connectivity index is 1.42. The quantitative estimate of drug-likeness (QED) is 0.575. The second-order valence-corrected chi connectivity index (χ2v) is 5.39. The van der Waals surface area contributed by atoms with Crippen LogP contribution in [0.3, 0.4) is 0 Å². The highest BCUT2D eigenvalue weighted by atomic mass is 16.6. The molecule has 120 valence electrons. The largest absolute Gasteiger partial charge is 0.485 e. The summed E-state index contributed by atoms with van der Waals surface area (Å²) in [6.07, 6.45) is 2.73. The maximum absolute atomic E-state index is 12.2. The Morgan fingerprint density at radius 1 is 1.17 bits per heavy atom. The van der Waals surface area contributed by atoms with Gasteiger partial charge in [0.25, 0.3) is 5.91 Å². The van der Waals surface area contributed by atoms with E-state index in [9.17, 15) is 4.79 Å². The van der Waals surface area contributed by atoms with E-state index in [0.29, 0.717) is 11.5 Å². The van der Waals surface area contributed by atoms with Gasteiger partial charge in [0.1, 0.15) is 6.61 Å². The third-order valence-electron chi connectivity index (χ3n) is 3.80. The normalized spacial score (nSPS) is 16.4. The molecule has 2 aromatic carbocycles. The minimum Gasteiger partial charge on any atom is -0.485 e. The molecule has 24 heavy (non-hydrogen) atoms. The third kappa shape index (κ3) is 2.69. The Hall–Kier alpha value is -3.28. The summed E-state index contributed by atoms with van der Waals surface area (Å²) >= 11 is 0. The number of carbonyl (C=O) groups is 1. The van der Waals surface area contributed by atoms with E-state index in [-0.39, 0.29) is 12.5 Å². The molecule has 1 amide bonds. The fourth-order valence-electron chi connectivity index (χ4n) is 2.59. The number of H-pyrrole nitrogens is 1. The highest BCUT2D eigenvalue weighted by Crippen LogP contribution is 2.30. The van der Waals surface area contributed by atoms with E-state index in [1.54, 1.807) is 18.3 Å². The number of benzene rings is 2. The van der Waals surface area contributed by atoms with E-state index in [4.69, 9.17) is 9.47 Å². The number of aromatic amines is 1. The summed E-state index contributed by atoms with van der Waals surface area (Å²) in [6, 6.07) is 15.1. The van der Waals surface area contributed by atoms with Gasteiger partial charge >= 0.3 is 0 Å². The van der Waals surface area contributed by atoms with Crippen molar-refractivity contribution in [1.29, 1.82) is 0 Å². The first-order chi connectivity index (χ1) is 11.8. The van der Waals surface area contributed by atoms with Gasteiger partial charge in [0.05, 0.1) is 6.21 Å². The fraction of sp³-hybridized carbons (Fsp3) is 0.111. The van der Waals surface area contributed by atoms with Crippen molar-refractivity contribution < 1.29 is 14.3 Å². The summed E-state index contributed by atoms with van der Waals surface area (Å²) in [5.41, 5.74) is 4.42. The number of carbonyl (C=O) groups excluding carboxylic acids is 1. The second-order valence-electron chi connectivity index (χ2n) is 5.39. The first-order valence-electron chi connectivity index (χ1n) is 7.59. The standard InChI is InChI=1S/C18H15N3O3/c22-18(17-11-23-15-7-3-4-8-16(15)24-17)21-20-10-12-9-19-14-6-2-1-5-13(12)14/h1-10,17,19H,11H2,(H,21,22)/b20-10+. The number of amides is 1. The second kappa shape index (κ2) is 6.08. The molecule has 2 heterocycles. The summed E-state index contributed by atoms with van der Waals surface area (Å²) in [5, 5.41) is 5.06. The van der Waals surface area contributed by atoms with Crippen LogP contribution in [0.25, 0.3) is 10.9 Å². The first kappa shape index (κ1) is 14.3. The lowest BCUT2D eigenvalue weighted by molar-refractivity contribution is -0.130. The predicted molar refractivity (Wildman–Crippen MR) is 90.4 cm³/mol. The molecule has 1 unspecified atom stereocenters. The summed E-state index contributed by atoms with van der Waals surface area (Å²) in [7, 11) is 0. The number of nitrogens with one attached hydrogen (secondary N) is 2. The van der Waals surface area contributed by atoms with E-state index >= 15 is 0 Å². The van der Waals surface area contributed by atoms with Crippen molar-refractivity contribution in [3.63, 3.8) is 0 Å². The van der Waals surface area contributed by atoms with Gasteiger partial charge in [-0.1, -0.05) is 30.3 Å². The lowest BCUT2D eigenvalue weighted by Gasteiger charge is -2.24. The van der Waals surface area contributed by atoms with Crippen molar-refractivity contribution in [3.05, 3.63) is 60.3 Å². The van der Waals surface area contributed by atoms with E-state index < -0.39 is 6.10 Å². The molecular weight excluding hydrogens is 306 g/mol. The molecular formula is C18H15N3O3. The van der Waals surface area contributed by atoms with Crippen LogP contribution in [0.1, 0.15) is 5.56 Å². The Bertz CT molecular complexity index is 917. The molecule has 2 N–H and O–H groups in total. The molecule has 6 heteroatoms. The van der Waals surface area contributed by atoms with Crippen LogP contribution in [0.5, 0.6) is 11.5 Å². The monoisotopic (exact) mass is 321 g/mol. The molecule has 1 aromatic heterocycles. The zero-order chi connectivity index (χ0) is 16.4. The predicted octanol–water partition coefficient (Wildman–Crippen LogP) is 2.46. The molecule has 4 rings (SSSR count). The van der Waals surface area contributed by atoms with Crippen molar-refractivity contribution >= 4 is 23.0 Å². The first-order valence-corrected chi connectivity index (χ1v) is 7.59. The van der Waals surface area contributed by atoms with Crippen LogP contribution in [0, 0.1) is 0 Å². The fourth-order valence-corrected chi connectivity index (χ4v) is 2.59. The topological polar surface area (TPSA) is 75.7 Å². The number of nitrogens with zero attached hydrogens (tertiary/aromatic N) is 1. The van der Waals surface area contributed by atoms with E-state index in [1.807, 2.05) is 42.6 Å². The zero-order valence-corrected chi connectivity index (χ0v) is 12.7. The summed E-state index contributed by atoms with van der Waals surface area (Å²) in [4.78, 5) is 15.3. The number of rotatable bonds is 3. The van der Waals surface area contributed by atoms with Gasteiger partial charge in [-0.25, -0.2) is 5.43 Å². The van der Waals surface area contributed by atoms with Crippen LogP contribution in [0.15, 0.2) is 59.8 Å². The van der Waals surface area contributed by atoms with Crippen LogP contribution in [-0.2, 0) is 4.79 Å². The average Bonchev–Trinajstić information content (AvgIpc) is 3.04. The van der Waals surface area contributed by atoms with Gasteiger partial charge in [-0.2, -0.15) is 5.10 Å². The number of ether oxygens (including phenoxy) is 2. The van der Waals surface area contributed by atoms with Gasteiger partial charge in [0.2, 0.25) is 6.10 Å². The molecule has 1 atom stereocenters. The molecule has 0 spiro atoms. The van der Waals surface area contributed by atoms with Gasteiger partial charge in [-0.05, 0) is 18.2 Å². The summed E-state index contributed by atoms with van der Waals surface area (Å²) < 4.78 is 11.2. The Morgan fingerprint density at radius 3 is 2.88 bits per heavy atom. The number of para-hydroxylation sites is 3. The smallest absolute Gasteiger partial charge is 0.284 e. The maximum Gasteiger partial charge on any atom is 0.284 e. The van der Waals surface area contributed by atoms with Gasteiger partial charge in [0.15, 0.2) is 11.5 Å². The lowest BCUT2D eigenvalue weighted by atomic mass is 10.2. The van der Waals surface area contributed by atoms with Gasteiger partial charge in [-0.15, -0.1) is 0 Å². The molecule has 0 radical (unpaired) electrons. The third-order valence-corrected chi connectivity index (χ3v) is 3.80. The van der Waals surface area contributed by atoms with E-state index in [2.05, 4.69) is 15.5 Å². The van der Waals surface area contributed by atoms with Crippen LogP contribution in [0.2, 0.25) is 0 Å². The Labute approximate surface area is 138 Å². The van der Waals surface area contributed by atoms with Crippen molar-refractivity contribution in [2.75, 3.05) is 6.61 Å². The average molecular weight is 321 g/mol. The number of aromatic nitrogens is 1. The van der Waals surface area contributed by atoms with Gasteiger partial charge < -0.3 is 14.5 Å². The molecule has 0 saturated heterocycles. The van der Waals surface area contributed by atoms with Crippen molar-refractivity contribution in [1.82, 2.24) is 10.4 Å². The van der Waals surface area contributed by atoms with Gasteiger partial charge in [-0.3, -0.25) is 4.79 Å². The molecule has 0 bridgehead atoms. The Morgan fingerprint density at radius 2 is 1.96 bits per heavy atom. The summed E-state index contributed by atoms with van der Waals surface area (Å²) in [6.45, 7) is 0.158. The number of fused-ring (bicyclic) bond motifs is 2. The summed E-state index contributed by atoms with van der Waals surface area (Å²) in [5.74, 6) is 0.856. The zero-order valence-electron chi connectivity index (χ0n) is 12.7. The van der Waals surface area contributed by atoms with E-state index in [1.165, 1.54) is 0 Å². The van der Waals surface area contributed by atoms with Crippen molar-refractivity contribution in [3.8, 4) is 11.5 Å². The SMILES string of the molecule is O=C(N/N=C/c1c[nH]c2ccccc12)C1COc2ccccc2O1. The minimum atomic E-state index is -0.722. The molecule has 3 aromatic rings. The van der Waals surface area contributed by atoms with E-state index in [0.717, 1.165) is 16.5 Å². The van der Waals surface area contributed by atoms with Crippen LogP contribution >= 0.6 is 0 Å². The highest BCUT2D eigenvalue weighted by Gasteiger charge is 2.26. The number of hydrogen-bond donors (Lipinski definition) is 2. The minimum absolute atomic E-state index is 0.158. The number of hydrazone groups is 1. The molecule has 0 fully saturated rings. The molecule has 0 aliphatic carbocycles. The molecule has 0 saturated carbocycles. The van der Waals surface area contributed by atoms with Crippen molar-refractivity contribution in [2.24, 2.45) is 5.10 Å². The number of hydrogen-bond acceptors (Lipinski definition) is 4. The van der Waals surface area contributed by atoms with Crippen LogP contribution in [-0.4, -0.2) is 29.8 Å². The van der Waals surface area contributed by atoms with Gasteiger partial charge in [0, 0.05) is 22.7 Å². The Kier molecular flexibility index (Phi) is 3.63. The van der Waals surface area contributed by atoms with Crippen LogP contribution in [0.4, 0.5) is 0 Å². The van der Waals surface area contributed by atoms with Crippen LogP contribution < -0.4 is 14.9 Å². The molecule has 6 nitrogen and oxygen atoms in total. The molecule has 1 aliphatic rings. The highest BCUT2D eigenvalue weighted by molar-refractivity contribution is 5.99. The lowest BCUT2D eigenvalue weighted by Crippen LogP contribution is -2.42. The van der Waals surface area contributed by atoms with Crippen molar-refractivity contribution in [2.45, 2.75) is 6.10 Å². The molecule has 1 aliphatic heterocycles.